The van der Waals surface area contributed by atoms with Gasteiger partial charge in [-0.1, -0.05) is 40.9 Å². The van der Waals surface area contributed by atoms with Crippen LogP contribution in [0.2, 0.25) is 15.1 Å². The summed E-state index contributed by atoms with van der Waals surface area (Å²) in [7, 11) is 0. The van der Waals surface area contributed by atoms with Crippen LogP contribution in [0.5, 0.6) is 0 Å². The number of nitrogens with zero attached hydrogens (tertiary/aromatic N) is 3. The van der Waals surface area contributed by atoms with E-state index in [1.807, 2.05) is 4.90 Å². The summed E-state index contributed by atoms with van der Waals surface area (Å²) in [4.78, 5) is 27.0. The maximum atomic E-state index is 12.7. The number of hydrogen-bond acceptors (Lipinski definition) is 4. The van der Waals surface area contributed by atoms with E-state index >= 15 is 0 Å². The van der Waals surface area contributed by atoms with E-state index in [1.54, 1.807) is 35.2 Å². The lowest BCUT2D eigenvalue weighted by molar-refractivity contribution is -0.384. The van der Waals surface area contributed by atoms with Gasteiger partial charge < -0.3 is 9.80 Å². The van der Waals surface area contributed by atoms with Crippen molar-refractivity contribution in [2.45, 2.75) is 0 Å². The van der Waals surface area contributed by atoms with Gasteiger partial charge in [0.1, 0.15) is 5.69 Å². The van der Waals surface area contributed by atoms with E-state index in [0.29, 0.717) is 47.5 Å². The Bertz CT molecular complexity index is 868. The summed E-state index contributed by atoms with van der Waals surface area (Å²) in [5.74, 6) is -0.206. The average Bonchev–Trinajstić information content (AvgIpc) is 2.63. The fraction of sp³-hybridized carbons (Fsp3) is 0.235. The van der Waals surface area contributed by atoms with Gasteiger partial charge in [0.05, 0.1) is 20.5 Å². The van der Waals surface area contributed by atoms with Crippen LogP contribution in [-0.2, 0) is 0 Å². The number of nitro benzene ring substituents is 1. The molecule has 0 aromatic heterocycles. The van der Waals surface area contributed by atoms with Gasteiger partial charge in [0, 0.05) is 37.3 Å². The highest BCUT2D eigenvalue weighted by Crippen LogP contribution is 2.32. The second-order valence-electron chi connectivity index (χ2n) is 5.77. The van der Waals surface area contributed by atoms with Crippen LogP contribution < -0.4 is 4.90 Å². The van der Waals surface area contributed by atoms with Crippen LogP contribution in [0.1, 0.15) is 10.4 Å². The molecule has 1 saturated heterocycles. The predicted octanol–water partition coefficient (Wildman–Crippen LogP) is 4.52. The highest BCUT2D eigenvalue weighted by molar-refractivity contribution is 6.43. The van der Waals surface area contributed by atoms with Gasteiger partial charge >= 0.3 is 0 Å². The van der Waals surface area contributed by atoms with Crippen molar-refractivity contribution >= 4 is 52.1 Å². The van der Waals surface area contributed by atoms with Crippen LogP contribution in [0.15, 0.2) is 36.4 Å². The van der Waals surface area contributed by atoms with Crippen LogP contribution in [0.4, 0.5) is 11.4 Å². The molecule has 2 aromatic rings. The summed E-state index contributed by atoms with van der Waals surface area (Å²) >= 11 is 18.0. The van der Waals surface area contributed by atoms with Gasteiger partial charge in [0.25, 0.3) is 11.6 Å². The summed E-state index contributed by atoms with van der Waals surface area (Å²) < 4.78 is 0. The number of carbonyl (C=O) groups excluding carboxylic acids is 1. The molecule has 6 nitrogen and oxygen atoms in total. The van der Waals surface area contributed by atoms with Crippen molar-refractivity contribution < 1.29 is 9.72 Å². The van der Waals surface area contributed by atoms with Crippen molar-refractivity contribution in [3.63, 3.8) is 0 Å². The van der Waals surface area contributed by atoms with E-state index in [-0.39, 0.29) is 16.6 Å². The second kappa shape index (κ2) is 7.70. The first-order valence-corrected chi connectivity index (χ1v) is 8.94. The molecule has 0 unspecified atom stereocenters. The predicted molar refractivity (Wildman–Crippen MR) is 103 cm³/mol. The number of hydrogen-bond donors (Lipinski definition) is 0. The highest BCUT2D eigenvalue weighted by atomic mass is 35.5. The number of anilines is 1. The maximum absolute atomic E-state index is 12.7. The number of carbonyl (C=O) groups is 1. The van der Waals surface area contributed by atoms with Crippen LogP contribution >= 0.6 is 34.8 Å². The monoisotopic (exact) mass is 413 g/mol. The molecule has 0 spiro atoms. The Labute approximate surface area is 165 Å². The lowest BCUT2D eigenvalue weighted by atomic mass is 10.1. The molecule has 1 amide bonds. The van der Waals surface area contributed by atoms with Crippen molar-refractivity contribution in [1.29, 1.82) is 0 Å². The fourth-order valence-corrected chi connectivity index (χ4v) is 3.45. The lowest BCUT2D eigenvalue weighted by Crippen LogP contribution is -2.49. The second-order valence-corrected chi connectivity index (χ2v) is 6.99. The first-order valence-electron chi connectivity index (χ1n) is 7.80. The summed E-state index contributed by atoms with van der Waals surface area (Å²) in [5.41, 5.74) is 0.799. The molecule has 0 N–H and O–H groups in total. The number of amides is 1. The number of piperazine rings is 1. The lowest BCUT2D eigenvalue weighted by Gasteiger charge is -2.36. The molecule has 2 aromatic carbocycles. The van der Waals surface area contributed by atoms with Crippen molar-refractivity contribution in [1.82, 2.24) is 4.90 Å². The third-order valence-electron chi connectivity index (χ3n) is 4.22. The normalized spacial score (nSPS) is 14.4. The molecule has 0 bridgehead atoms. The first kappa shape index (κ1) is 18.8. The Morgan fingerprint density at radius 1 is 1.04 bits per heavy atom. The van der Waals surface area contributed by atoms with E-state index in [9.17, 15) is 14.9 Å². The molecule has 0 saturated carbocycles. The van der Waals surface area contributed by atoms with Crippen LogP contribution in [0.25, 0.3) is 0 Å². The van der Waals surface area contributed by atoms with E-state index in [2.05, 4.69) is 0 Å². The van der Waals surface area contributed by atoms with Crippen molar-refractivity contribution in [3.8, 4) is 0 Å². The van der Waals surface area contributed by atoms with Gasteiger partial charge in [0.2, 0.25) is 0 Å². The van der Waals surface area contributed by atoms with Crippen LogP contribution in [0.3, 0.4) is 0 Å². The minimum absolute atomic E-state index is 0.0461. The third kappa shape index (κ3) is 3.72. The standard InChI is InChI=1S/C17H14Cl3N3O3/c18-11-4-5-14(15(10-11)23(25)26)21-6-8-22(9-7-21)17(24)12-2-1-3-13(19)16(12)20/h1-5,10H,6-9H2. The number of nitro groups is 1. The number of benzene rings is 2. The molecular formula is C17H14Cl3N3O3. The van der Waals surface area contributed by atoms with E-state index < -0.39 is 4.92 Å². The van der Waals surface area contributed by atoms with Gasteiger partial charge in [-0.05, 0) is 24.3 Å². The minimum Gasteiger partial charge on any atom is -0.362 e. The first-order chi connectivity index (χ1) is 12.4. The molecule has 26 heavy (non-hydrogen) atoms. The Hall–Kier alpha value is -2.02. The average molecular weight is 415 g/mol. The Kier molecular flexibility index (Phi) is 5.55. The molecule has 136 valence electrons. The quantitative estimate of drug-likeness (QED) is 0.547. The van der Waals surface area contributed by atoms with Crippen molar-refractivity contribution in [2.75, 3.05) is 31.1 Å². The minimum atomic E-state index is -0.454. The van der Waals surface area contributed by atoms with Gasteiger partial charge in [0.15, 0.2) is 0 Å². The molecule has 9 heteroatoms. The zero-order valence-corrected chi connectivity index (χ0v) is 15.8. The smallest absolute Gasteiger partial charge is 0.294 e. The topological polar surface area (TPSA) is 66.7 Å². The summed E-state index contributed by atoms with van der Waals surface area (Å²) in [6, 6.07) is 9.51. The highest BCUT2D eigenvalue weighted by Gasteiger charge is 2.27. The summed E-state index contributed by atoms with van der Waals surface area (Å²) in [6.45, 7) is 1.77. The van der Waals surface area contributed by atoms with E-state index in [1.165, 1.54) is 6.07 Å². The van der Waals surface area contributed by atoms with E-state index in [4.69, 9.17) is 34.8 Å². The summed E-state index contributed by atoms with van der Waals surface area (Å²) in [5, 5.41) is 12.1. The van der Waals surface area contributed by atoms with Gasteiger partial charge in [-0.15, -0.1) is 0 Å². The molecule has 1 heterocycles. The third-order valence-corrected chi connectivity index (χ3v) is 5.28. The Morgan fingerprint density at radius 3 is 2.38 bits per heavy atom. The van der Waals surface area contributed by atoms with E-state index in [0.717, 1.165) is 0 Å². The van der Waals surface area contributed by atoms with Crippen LogP contribution in [0, 0.1) is 10.1 Å². The molecule has 0 aliphatic carbocycles. The van der Waals surface area contributed by atoms with Gasteiger partial charge in [-0.2, -0.15) is 0 Å². The molecule has 0 atom stereocenters. The number of halogens is 3. The largest absolute Gasteiger partial charge is 0.362 e. The number of rotatable bonds is 3. The zero-order chi connectivity index (χ0) is 18.8. The molecule has 0 radical (unpaired) electrons. The molecule has 3 rings (SSSR count). The summed E-state index contributed by atoms with van der Waals surface area (Å²) in [6.07, 6.45) is 0. The SMILES string of the molecule is O=C(c1cccc(Cl)c1Cl)N1CCN(c2ccc(Cl)cc2[N+](=O)[O-])CC1. The Morgan fingerprint density at radius 2 is 1.73 bits per heavy atom. The van der Waals surface area contributed by atoms with Gasteiger partial charge in [-0.3, -0.25) is 14.9 Å². The zero-order valence-electron chi connectivity index (χ0n) is 13.5. The van der Waals surface area contributed by atoms with Gasteiger partial charge in [-0.25, -0.2) is 0 Å². The molecule has 1 fully saturated rings. The Balaban J connectivity index is 1.75. The van der Waals surface area contributed by atoms with Crippen molar-refractivity contribution in [3.05, 3.63) is 67.1 Å². The fourth-order valence-electron chi connectivity index (χ4n) is 2.90. The molecule has 1 aliphatic rings. The van der Waals surface area contributed by atoms with Crippen LogP contribution in [-0.4, -0.2) is 41.9 Å². The molecular weight excluding hydrogens is 401 g/mol. The maximum Gasteiger partial charge on any atom is 0.294 e. The van der Waals surface area contributed by atoms with Crippen molar-refractivity contribution in [2.24, 2.45) is 0 Å². The molecule has 1 aliphatic heterocycles.